The molecule has 1 saturated heterocycles. The summed E-state index contributed by atoms with van der Waals surface area (Å²) in [6, 6.07) is 7.74. The zero-order valence-electron chi connectivity index (χ0n) is 16.1. The van der Waals surface area contributed by atoms with Crippen molar-refractivity contribution in [2.75, 3.05) is 25.4 Å². The van der Waals surface area contributed by atoms with Gasteiger partial charge in [-0.15, -0.1) is 0 Å². The number of rotatable bonds is 7. The lowest BCUT2D eigenvalue weighted by Crippen LogP contribution is -2.53. The third-order valence-electron chi connectivity index (χ3n) is 4.90. The third kappa shape index (κ3) is 5.71. The number of carbonyl (C=O) groups excluding carboxylic acids is 1. The molecule has 0 unspecified atom stereocenters. The van der Waals surface area contributed by atoms with Gasteiger partial charge in [-0.25, -0.2) is 13.1 Å². The fourth-order valence-electron chi connectivity index (χ4n) is 3.11. The first-order chi connectivity index (χ1) is 12.2. The van der Waals surface area contributed by atoms with Gasteiger partial charge < -0.3 is 9.64 Å². The summed E-state index contributed by atoms with van der Waals surface area (Å²) in [7, 11) is -3.30. The number of hydrogen-bond donors (Lipinski definition) is 1. The number of nitrogens with one attached hydrogen (secondary N) is 1. The molecular formula is C19H30N2O4S. The minimum Gasteiger partial charge on any atom is -0.493 e. The van der Waals surface area contributed by atoms with Crippen molar-refractivity contribution in [3.8, 4) is 5.75 Å². The van der Waals surface area contributed by atoms with Crippen molar-refractivity contribution in [1.29, 1.82) is 0 Å². The molecule has 2 rings (SSSR count). The lowest BCUT2D eigenvalue weighted by molar-refractivity contribution is -0.131. The topological polar surface area (TPSA) is 75.7 Å². The van der Waals surface area contributed by atoms with E-state index in [1.807, 2.05) is 24.3 Å². The van der Waals surface area contributed by atoms with E-state index in [0.717, 1.165) is 5.75 Å². The Kier molecular flexibility index (Phi) is 7.06. The van der Waals surface area contributed by atoms with Gasteiger partial charge in [-0.2, -0.15) is 0 Å². The van der Waals surface area contributed by atoms with Crippen LogP contribution in [0.3, 0.4) is 0 Å². The standard InChI is InChI=1S/C19H30N2O4S/c1-5-26(23,24)20-19-10-11-21(15(4)22)12-17(19)13-25-18-8-6-16(7-9-18)14(2)3/h6-9,14,17,19-20H,5,10-13H2,1-4H3/t17-,19-/m1/s1. The summed E-state index contributed by atoms with van der Waals surface area (Å²) in [5.74, 6) is 1.18. The van der Waals surface area contributed by atoms with Crippen molar-refractivity contribution in [3.05, 3.63) is 29.8 Å². The van der Waals surface area contributed by atoms with Crippen LogP contribution in [0.15, 0.2) is 24.3 Å². The van der Waals surface area contributed by atoms with Gasteiger partial charge in [0, 0.05) is 32.0 Å². The molecule has 1 aliphatic rings. The molecule has 0 aliphatic carbocycles. The molecule has 2 atom stereocenters. The maximum Gasteiger partial charge on any atom is 0.219 e. The van der Waals surface area contributed by atoms with Crippen LogP contribution in [0.1, 0.15) is 45.6 Å². The van der Waals surface area contributed by atoms with E-state index < -0.39 is 10.0 Å². The first-order valence-electron chi connectivity index (χ1n) is 9.20. The fourth-order valence-corrected chi connectivity index (χ4v) is 4.05. The summed E-state index contributed by atoms with van der Waals surface area (Å²) in [6.45, 7) is 8.86. The van der Waals surface area contributed by atoms with E-state index in [0.29, 0.717) is 32.0 Å². The second-order valence-electron chi connectivity index (χ2n) is 7.18. The molecule has 1 N–H and O–H groups in total. The minimum absolute atomic E-state index is 0.00749. The van der Waals surface area contributed by atoms with Crippen LogP contribution in [0.4, 0.5) is 0 Å². The predicted octanol–water partition coefficient (Wildman–Crippen LogP) is 2.37. The normalized spacial score (nSPS) is 21.0. The summed E-state index contributed by atoms with van der Waals surface area (Å²) in [4.78, 5) is 13.5. The van der Waals surface area contributed by atoms with Gasteiger partial charge in [0.05, 0.1) is 12.4 Å². The Morgan fingerprint density at radius 1 is 1.31 bits per heavy atom. The number of amides is 1. The average Bonchev–Trinajstić information content (AvgIpc) is 2.60. The zero-order chi connectivity index (χ0) is 19.3. The molecule has 1 heterocycles. The van der Waals surface area contributed by atoms with Crippen LogP contribution in [0.25, 0.3) is 0 Å². The molecule has 0 saturated carbocycles. The first kappa shape index (κ1) is 20.7. The third-order valence-corrected chi connectivity index (χ3v) is 6.32. The van der Waals surface area contributed by atoms with Crippen molar-refractivity contribution < 1.29 is 17.9 Å². The number of piperidine rings is 1. The quantitative estimate of drug-likeness (QED) is 0.785. The van der Waals surface area contributed by atoms with E-state index in [-0.39, 0.29) is 23.6 Å². The van der Waals surface area contributed by atoms with E-state index in [2.05, 4.69) is 18.6 Å². The largest absolute Gasteiger partial charge is 0.493 e. The molecule has 1 aliphatic heterocycles. The molecule has 0 radical (unpaired) electrons. The lowest BCUT2D eigenvalue weighted by Gasteiger charge is -2.38. The summed E-state index contributed by atoms with van der Waals surface area (Å²) >= 11 is 0. The van der Waals surface area contributed by atoms with Gasteiger partial charge in [-0.3, -0.25) is 4.79 Å². The Labute approximate surface area is 157 Å². The van der Waals surface area contributed by atoms with Gasteiger partial charge >= 0.3 is 0 Å². The molecular weight excluding hydrogens is 352 g/mol. The lowest BCUT2D eigenvalue weighted by atomic mass is 9.93. The van der Waals surface area contributed by atoms with Crippen LogP contribution in [0.5, 0.6) is 5.75 Å². The van der Waals surface area contributed by atoms with Crippen molar-refractivity contribution >= 4 is 15.9 Å². The highest BCUT2D eigenvalue weighted by atomic mass is 32.2. The van der Waals surface area contributed by atoms with Gasteiger partial charge in [0.15, 0.2) is 0 Å². The molecule has 0 aromatic heterocycles. The number of carbonyl (C=O) groups is 1. The molecule has 26 heavy (non-hydrogen) atoms. The zero-order valence-corrected chi connectivity index (χ0v) is 16.9. The number of hydrogen-bond acceptors (Lipinski definition) is 4. The second-order valence-corrected chi connectivity index (χ2v) is 9.22. The highest BCUT2D eigenvalue weighted by molar-refractivity contribution is 7.89. The fraction of sp³-hybridized carbons (Fsp3) is 0.632. The summed E-state index contributed by atoms with van der Waals surface area (Å²) < 4.78 is 32.6. The molecule has 1 fully saturated rings. The SMILES string of the molecule is CCS(=O)(=O)N[C@@H]1CCN(C(C)=O)C[C@@H]1COc1ccc(C(C)C)cc1. The maximum atomic E-state index is 12.0. The Bertz CT molecular complexity index is 701. The first-order valence-corrected chi connectivity index (χ1v) is 10.8. The van der Waals surface area contributed by atoms with Crippen molar-refractivity contribution in [2.45, 2.75) is 46.1 Å². The monoisotopic (exact) mass is 382 g/mol. The van der Waals surface area contributed by atoms with Gasteiger partial charge in [0.2, 0.25) is 15.9 Å². The van der Waals surface area contributed by atoms with Crippen LogP contribution >= 0.6 is 0 Å². The molecule has 0 spiro atoms. The van der Waals surface area contributed by atoms with Crippen molar-refractivity contribution in [1.82, 2.24) is 9.62 Å². The summed E-state index contributed by atoms with van der Waals surface area (Å²) in [5.41, 5.74) is 1.24. The maximum absolute atomic E-state index is 12.0. The van der Waals surface area contributed by atoms with Gasteiger partial charge in [-0.05, 0) is 37.0 Å². The Morgan fingerprint density at radius 2 is 1.96 bits per heavy atom. The number of benzene rings is 1. The Morgan fingerprint density at radius 3 is 2.50 bits per heavy atom. The minimum atomic E-state index is -3.30. The van der Waals surface area contributed by atoms with Crippen LogP contribution < -0.4 is 9.46 Å². The number of likely N-dealkylation sites (tertiary alicyclic amines) is 1. The van der Waals surface area contributed by atoms with E-state index >= 15 is 0 Å². The smallest absolute Gasteiger partial charge is 0.219 e. The second kappa shape index (κ2) is 8.86. The van der Waals surface area contributed by atoms with Crippen molar-refractivity contribution in [2.24, 2.45) is 5.92 Å². The highest BCUT2D eigenvalue weighted by Gasteiger charge is 2.33. The summed E-state index contributed by atoms with van der Waals surface area (Å²) in [6.07, 6.45) is 0.596. The molecule has 1 aromatic rings. The number of ether oxygens (including phenoxy) is 1. The number of nitrogens with zero attached hydrogens (tertiary/aromatic N) is 1. The van der Waals surface area contributed by atoms with Crippen LogP contribution in [0, 0.1) is 5.92 Å². The van der Waals surface area contributed by atoms with Crippen LogP contribution in [0.2, 0.25) is 0 Å². The van der Waals surface area contributed by atoms with Gasteiger partial charge in [0.1, 0.15) is 5.75 Å². The predicted molar refractivity (Wildman–Crippen MR) is 103 cm³/mol. The number of sulfonamides is 1. The van der Waals surface area contributed by atoms with Gasteiger partial charge in [-0.1, -0.05) is 26.0 Å². The van der Waals surface area contributed by atoms with Crippen LogP contribution in [-0.2, 0) is 14.8 Å². The molecule has 1 amide bonds. The van der Waals surface area contributed by atoms with Gasteiger partial charge in [0.25, 0.3) is 0 Å². The molecule has 146 valence electrons. The van der Waals surface area contributed by atoms with E-state index in [9.17, 15) is 13.2 Å². The molecule has 0 bridgehead atoms. The Balaban J connectivity index is 2.05. The molecule has 1 aromatic carbocycles. The van der Waals surface area contributed by atoms with E-state index in [4.69, 9.17) is 4.74 Å². The highest BCUT2D eigenvalue weighted by Crippen LogP contribution is 2.22. The Hall–Kier alpha value is -1.60. The van der Waals surface area contributed by atoms with Crippen molar-refractivity contribution in [3.63, 3.8) is 0 Å². The van der Waals surface area contributed by atoms with E-state index in [1.165, 1.54) is 5.56 Å². The van der Waals surface area contributed by atoms with E-state index in [1.54, 1.807) is 18.7 Å². The van der Waals surface area contributed by atoms with Crippen LogP contribution in [-0.4, -0.2) is 50.7 Å². The summed E-state index contributed by atoms with van der Waals surface area (Å²) in [5, 5.41) is 0. The molecule has 7 heteroatoms. The molecule has 6 nitrogen and oxygen atoms in total. The average molecular weight is 383 g/mol.